The Morgan fingerprint density at radius 3 is 2.57 bits per heavy atom. The fourth-order valence-electron chi connectivity index (χ4n) is 8.22. The van der Waals surface area contributed by atoms with Crippen LogP contribution in [0.15, 0.2) is 36.4 Å². The van der Waals surface area contributed by atoms with Gasteiger partial charge in [0.2, 0.25) is 0 Å². The third-order valence-electron chi connectivity index (χ3n) is 10.8. The largest absolute Gasteiger partial charge is 0.508 e. The van der Waals surface area contributed by atoms with E-state index in [0.717, 1.165) is 77.6 Å². The van der Waals surface area contributed by atoms with Crippen LogP contribution >= 0.6 is 0 Å². The molecule has 1 aliphatic carbocycles. The number of phenolic OH excluding ortho intramolecular Hbond substituents is 1. The number of piperazine rings is 1. The molecule has 9 nitrogen and oxygen atoms in total. The lowest BCUT2D eigenvalue weighted by Gasteiger charge is -2.34. The Morgan fingerprint density at radius 1 is 0.957 bits per heavy atom. The first-order chi connectivity index (χ1) is 22.8. The second-order valence-corrected chi connectivity index (χ2v) is 14.1. The van der Waals surface area contributed by atoms with Gasteiger partial charge in [-0.25, -0.2) is 13.2 Å². The summed E-state index contributed by atoms with van der Waals surface area (Å²) in [6.45, 7) is 6.21. The fraction of sp³-hybridized carbons (Fsp3) is 0.486. The molecule has 4 unspecified atom stereocenters. The summed E-state index contributed by atoms with van der Waals surface area (Å²) in [5, 5.41) is 18.3. The number of hydrogen-bond donors (Lipinski definition) is 3. The molecule has 3 N–H and O–H groups in total. The summed E-state index contributed by atoms with van der Waals surface area (Å²) in [5.74, 6) is -2.45. The maximum atomic E-state index is 16.7. The van der Waals surface area contributed by atoms with E-state index in [2.05, 4.69) is 25.4 Å². The van der Waals surface area contributed by atoms with Crippen LogP contribution in [0.5, 0.6) is 11.8 Å². The predicted molar refractivity (Wildman–Crippen MR) is 171 cm³/mol. The van der Waals surface area contributed by atoms with E-state index >= 15 is 8.78 Å². The van der Waals surface area contributed by atoms with Crippen LogP contribution in [0.4, 0.5) is 19.0 Å². The van der Waals surface area contributed by atoms with E-state index < -0.39 is 17.5 Å². The lowest BCUT2D eigenvalue weighted by atomic mass is 9.95. The van der Waals surface area contributed by atoms with Gasteiger partial charge in [-0.1, -0.05) is 12.1 Å². The van der Waals surface area contributed by atoms with Crippen molar-refractivity contribution in [2.45, 2.75) is 49.9 Å². The van der Waals surface area contributed by atoms with Crippen molar-refractivity contribution in [3.63, 3.8) is 0 Å². The molecule has 1 saturated carbocycles. The third-order valence-corrected chi connectivity index (χ3v) is 10.8. The molecular weight excluding hydrogens is 609 g/mol. The number of anilines is 1. The number of nitrogens with zero attached hydrogens (tertiary/aromatic N) is 4. The minimum absolute atomic E-state index is 0.00359. The molecule has 0 amide bonds. The quantitative estimate of drug-likeness (QED) is 0.271. The lowest BCUT2D eigenvalue weighted by Crippen LogP contribution is -2.51. The summed E-state index contributed by atoms with van der Waals surface area (Å²) in [6.07, 6.45) is 4.41. The summed E-state index contributed by atoms with van der Waals surface area (Å²) >= 11 is 0. The molecule has 3 aromatic carbocycles. The number of aromatic nitrogens is 2. The number of morpholine rings is 1. The molecule has 4 aromatic rings. The van der Waals surface area contributed by atoms with Crippen molar-refractivity contribution in [2.24, 2.45) is 5.41 Å². The molecule has 246 valence electrons. The number of fused-ring (bicyclic) bond motifs is 5. The third kappa shape index (κ3) is 5.26. The highest BCUT2D eigenvalue weighted by atomic mass is 19.2. The van der Waals surface area contributed by atoms with Gasteiger partial charge in [0.05, 0.1) is 19.3 Å². The summed E-state index contributed by atoms with van der Waals surface area (Å²) in [4.78, 5) is 14.1. The fourth-order valence-corrected chi connectivity index (χ4v) is 8.22. The van der Waals surface area contributed by atoms with Crippen LogP contribution in [-0.2, 0) is 4.74 Å². The molecule has 12 heteroatoms. The van der Waals surface area contributed by atoms with Crippen molar-refractivity contribution in [3.05, 3.63) is 53.8 Å². The summed E-state index contributed by atoms with van der Waals surface area (Å²) < 4.78 is 58.6. The van der Waals surface area contributed by atoms with Crippen molar-refractivity contribution >= 4 is 27.5 Å². The number of rotatable bonds is 7. The van der Waals surface area contributed by atoms with Gasteiger partial charge in [0.15, 0.2) is 17.5 Å². The van der Waals surface area contributed by atoms with Crippen LogP contribution in [0.2, 0.25) is 0 Å². The average Bonchev–Trinajstić information content (AvgIpc) is 3.57. The Morgan fingerprint density at radius 2 is 1.79 bits per heavy atom. The molecular formula is C35H37F3N6O3. The van der Waals surface area contributed by atoms with Crippen LogP contribution < -0.4 is 20.3 Å². The summed E-state index contributed by atoms with van der Waals surface area (Å²) in [6, 6.07) is 9.31. The van der Waals surface area contributed by atoms with Crippen molar-refractivity contribution in [1.82, 2.24) is 25.5 Å². The second kappa shape index (κ2) is 11.2. The van der Waals surface area contributed by atoms with E-state index in [1.165, 1.54) is 24.3 Å². The number of likely N-dealkylation sites (tertiary alicyclic amines) is 1. The van der Waals surface area contributed by atoms with Gasteiger partial charge in [-0.3, -0.25) is 4.90 Å². The van der Waals surface area contributed by atoms with Gasteiger partial charge >= 0.3 is 6.01 Å². The van der Waals surface area contributed by atoms with Crippen LogP contribution in [0.3, 0.4) is 0 Å². The number of ether oxygens (including phenoxy) is 2. The van der Waals surface area contributed by atoms with E-state index in [1.54, 1.807) is 6.07 Å². The first-order valence-corrected chi connectivity index (χ1v) is 16.6. The second-order valence-electron chi connectivity index (χ2n) is 14.1. The minimum atomic E-state index is -1.10. The Balaban J connectivity index is 1.08. The Kier molecular flexibility index (Phi) is 7.00. The average molecular weight is 647 g/mol. The lowest BCUT2D eigenvalue weighted by molar-refractivity contribution is 0.0169. The molecule has 2 bridgehead atoms. The van der Waals surface area contributed by atoms with Crippen LogP contribution in [-0.4, -0.2) is 96.7 Å². The smallest absolute Gasteiger partial charge is 0.319 e. The zero-order valence-electron chi connectivity index (χ0n) is 25.9. The normalized spacial score (nSPS) is 26.7. The summed E-state index contributed by atoms with van der Waals surface area (Å²) in [7, 11) is 0. The molecule has 47 heavy (non-hydrogen) atoms. The van der Waals surface area contributed by atoms with Crippen LogP contribution in [0, 0.1) is 22.9 Å². The molecule has 1 aromatic heterocycles. The number of aromatic hydroxyl groups is 1. The van der Waals surface area contributed by atoms with E-state index in [4.69, 9.17) is 14.5 Å². The predicted octanol–water partition coefficient (Wildman–Crippen LogP) is 4.35. The molecule has 5 heterocycles. The molecule has 0 spiro atoms. The molecule has 5 fully saturated rings. The molecule has 4 atom stereocenters. The highest BCUT2D eigenvalue weighted by molar-refractivity contribution is 6.01. The highest BCUT2D eigenvalue weighted by Crippen LogP contribution is 2.47. The van der Waals surface area contributed by atoms with Crippen molar-refractivity contribution in [1.29, 1.82) is 0 Å². The van der Waals surface area contributed by atoms with Crippen molar-refractivity contribution in [2.75, 3.05) is 57.4 Å². The first kappa shape index (κ1) is 29.4. The zero-order chi connectivity index (χ0) is 31.9. The standard InChI is InChI=1S/C35H37F3N6O3/c36-26-6-1-19-11-22(45)12-25(29(19)31(26)38)23-4-5-24-32(30(23)37)41-34(42-33(24)44-13-20-2-3-21(14-44)40-20)47-18-35(7-8-35)17-43-15-27-28(16-43)46-10-9-39-27/h1,4-6,11-12,20-21,27-28,39-40,45H,2-3,7-10,13-18H2. The zero-order valence-corrected chi connectivity index (χ0v) is 25.9. The van der Waals surface area contributed by atoms with Gasteiger partial charge in [-0.05, 0) is 60.9 Å². The number of phenols is 1. The molecule has 0 radical (unpaired) electrons. The highest BCUT2D eigenvalue weighted by Gasteiger charge is 2.48. The Bertz CT molecular complexity index is 1860. The molecule has 4 aliphatic heterocycles. The van der Waals surface area contributed by atoms with Gasteiger partial charge in [-0.15, -0.1) is 0 Å². The number of benzene rings is 3. The maximum Gasteiger partial charge on any atom is 0.319 e. The van der Waals surface area contributed by atoms with E-state index in [0.29, 0.717) is 35.9 Å². The van der Waals surface area contributed by atoms with Gasteiger partial charge < -0.3 is 30.1 Å². The van der Waals surface area contributed by atoms with Crippen LogP contribution in [0.25, 0.3) is 32.8 Å². The van der Waals surface area contributed by atoms with Crippen molar-refractivity contribution < 1.29 is 27.8 Å². The van der Waals surface area contributed by atoms with Gasteiger partial charge in [0, 0.05) is 79.1 Å². The Labute approximate surface area is 270 Å². The molecule has 5 aliphatic rings. The van der Waals surface area contributed by atoms with Gasteiger partial charge in [0.1, 0.15) is 17.1 Å². The summed E-state index contributed by atoms with van der Waals surface area (Å²) in [5.41, 5.74) is 0.0610. The van der Waals surface area contributed by atoms with E-state index in [9.17, 15) is 9.50 Å². The van der Waals surface area contributed by atoms with Gasteiger partial charge in [-0.2, -0.15) is 9.97 Å². The SMILES string of the molecule is Oc1cc(-c2ccc3c(N4CC5CCC(C4)N5)nc(OCC4(CN5CC6NCCOC6C5)CC4)nc3c2F)c2c(F)c(F)ccc2c1. The molecule has 9 rings (SSSR count). The molecule has 4 saturated heterocycles. The number of hydrogen-bond acceptors (Lipinski definition) is 9. The topological polar surface area (TPSA) is 95.0 Å². The van der Waals surface area contributed by atoms with E-state index in [1.807, 2.05) is 0 Å². The maximum absolute atomic E-state index is 16.7. The monoisotopic (exact) mass is 646 g/mol. The van der Waals surface area contributed by atoms with Crippen LogP contribution in [0.1, 0.15) is 25.7 Å². The van der Waals surface area contributed by atoms with Crippen molar-refractivity contribution in [3.8, 4) is 22.9 Å². The number of halogens is 3. The number of nitrogens with one attached hydrogen (secondary N) is 2. The van der Waals surface area contributed by atoms with Gasteiger partial charge in [0.25, 0.3) is 0 Å². The van der Waals surface area contributed by atoms with E-state index in [-0.39, 0.29) is 50.7 Å². The first-order valence-electron chi connectivity index (χ1n) is 16.6. The minimum Gasteiger partial charge on any atom is -0.508 e. The Hall–Kier alpha value is -3.71.